The molecule has 1 aromatic carbocycles. The summed E-state index contributed by atoms with van der Waals surface area (Å²) in [4.78, 5) is 19.8. The number of benzene rings is 1. The number of hydrogen-bond donors (Lipinski definition) is 0. The standard InChI is InChI=1S/C18H24N2O2S/c1-11(2)19-18-20(12(3)4)17(21)16(23-18)10-14-7-8-15(22-6)13(5)9-14/h7-12H,1-6H3/b16-10-,19-18?. The first kappa shape index (κ1) is 17.6. The van der Waals surface area contributed by atoms with Crippen LogP contribution in [0, 0.1) is 6.92 Å². The third-order valence-corrected chi connectivity index (χ3v) is 4.44. The normalized spacial score (nSPS) is 18.8. The number of thioether (sulfide) groups is 1. The van der Waals surface area contributed by atoms with E-state index < -0.39 is 0 Å². The lowest BCUT2D eigenvalue weighted by Crippen LogP contribution is -2.35. The van der Waals surface area contributed by atoms with Crippen LogP contribution in [0.3, 0.4) is 0 Å². The Kier molecular flexibility index (Phi) is 5.52. The van der Waals surface area contributed by atoms with Crippen LogP contribution in [-0.4, -0.2) is 35.2 Å². The molecule has 0 aromatic heterocycles. The molecule has 0 atom stereocenters. The van der Waals surface area contributed by atoms with E-state index in [1.807, 2.05) is 58.9 Å². The van der Waals surface area contributed by atoms with E-state index in [1.165, 1.54) is 11.8 Å². The third kappa shape index (κ3) is 3.96. The average Bonchev–Trinajstić information content (AvgIpc) is 2.74. The summed E-state index contributed by atoms with van der Waals surface area (Å²) in [5.41, 5.74) is 2.04. The highest BCUT2D eigenvalue weighted by atomic mass is 32.2. The maximum absolute atomic E-state index is 12.7. The Bertz CT molecular complexity index is 663. The molecular formula is C18H24N2O2S. The first-order chi connectivity index (χ1) is 10.8. The van der Waals surface area contributed by atoms with E-state index in [0.29, 0.717) is 4.91 Å². The van der Waals surface area contributed by atoms with Crippen LogP contribution in [0.1, 0.15) is 38.8 Å². The van der Waals surface area contributed by atoms with Gasteiger partial charge in [0.15, 0.2) is 5.17 Å². The van der Waals surface area contributed by atoms with Crippen LogP contribution < -0.4 is 4.74 Å². The lowest BCUT2D eigenvalue weighted by molar-refractivity contribution is -0.123. The fourth-order valence-electron chi connectivity index (χ4n) is 2.40. The van der Waals surface area contributed by atoms with Crippen molar-refractivity contribution in [3.05, 3.63) is 34.2 Å². The zero-order valence-corrected chi connectivity index (χ0v) is 15.4. The fourth-order valence-corrected chi connectivity index (χ4v) is 3.63. The molecule has 0 unspecified atom stereocenters. The van der Waals surface area contributed by atoms with E-state index >= 15 is 0 Å². The van der Waals surface area contributed by atoms with Gasteiger partial charge in [0.1, 0.15) is 5.75 Å². The molecule has 4 nitrogen and oxygen atoms in total. The van der Waals surface area contributed by atoms with Gasteiger partial charge in [-0.05, 0) is 75.7 Å². The van der Waals surface area contributed by atoms with Crippen LogP contribution in [0.4, 0.5) is 0 Å². The van der Waals surface area contributed by atoms with Gasteiger partial charge < -0.3 is 4.74 Å². The number of carbonyl (C=O) groups is 1. The highest BCUT2D eigenvalue weighted by Gasteiger charge is 2.35. The molecule has 0 saturated carbocycles. The summed E-state index contributed by atoms with van der Waals surface area (Å²) in [6.45, 7) is 10.1. The molecule has 1 fully saturated rings. The fraction of sp³-hybridized carbons (Fsp3) is 0.444. The first-order valence-corrected chi connectivity index (χ1v) is 8.60. The van der Waals surface area contributed by atoms with Crippen molar-refractivity contribution < 1.29 is 9.53 Å². The molecule has 1 saturated heterocycles. The molecule has 0 N–H and O–H groups in total. The molecule has 1 aromatic rings. The summed E-state index contributed by atoms with van der Waals surface area (Å²) in [6.07, 6.45) is 1.93. The molecule has 1 aliphatic heterocycles. The molecule has 5 heteroatoms. The largest absolute Gasteiger partial charge is 0.496 e. The van der Waals surface area contributed by atoms with E-state index in [-0.39, 0.29) is 18.0 Å². The highest BCUT2D eigenvalue weighted by molar-refractivity contribution is 8.18. The molecule has 2 rings (SSSR count). The number of aryl methyl sites for hydroxylation is 1. The maximum Gasteiger partial charge on any atom is 0.266 e. The van der Waals surface area contributed by atoms with Gasteiger partial charge in [0, 0.05) is 12.1 Å². The van der Waals surface area contributed by atoms with E-state index in [0.717, 1.165) is 22.0 Å². The van der Waals surface area contributed by atoms with Gasteiger partial charge in [-0.3, -0.25) is 14.7 Å². The topological polar surface area (TPSA) is 41.9 Å². The Labute approximate surface area is 142 Å². The van der Waals surface area contributed by atoms with Crippen molar-refractivity contribution in [2.24, 2.45) is 4.99 Å². The van der Waals surface area contributed by atoms with Gasteiger partial charge in [0.2, 0.25) is 0 Å². The second-order valence-electron chi connectivity index (χ2n) is 6.11. The zero-order valence-electron chi connectivity index (χ0n) is 14.6. The van der Waals surface area contributed by atoms with Crippen molar-refractivity contribution in [2.45, 2.75) is 46.7 Å². The van der Waals surface area contributed by atoms with Crippen molar-refractivity contribution >= 4 is 28.9 Å². The smallest absolute Gasteiger partial charge is 0.266 e. The van der Waals surface area contributed by atoms with Crippen LogP contribution in [0.15, 0.2) is 28.1 Å². The minimum Gasteiger partial charge on any atom is -0.496 e. The molecular weight excluding hydrogens is 308 g/mol. The number of amides is 1. The first-order valence-electron chi connectivity index (χ1n) is 7.79. The second-order valence-corrected chi connectivity index (χ2v) is 7.12. The van der Waals surface area contributed by atoms with Crippen LogP contribution >= 0.6 is 11.8 Å². The van der Waals surface area contributed by atoms with Crippen molar-refractivity contribution in [3.63, 3.8) is 0 Å². The molecule has 1 aliphatic rings. The predicted molar refractivity (Wildman–Crippen MR) is 97.9 cm³/mol. The summed E-state index contributed by atoms with van der Waals surface area (Å²) in [5.74, 6) is 0.876. The second kappa shape index (κ2) is 7.21. The molecule has 23 heavy (non-hydrogen) atoms. The lowest BCUT2D eigenvalue weighted by Gasteiger charge is -2.20. The summed E-state index contributed by atoms with van der Waals surface area (Å²) in [6, 6.07) is 6.17. The molecule has 0 radical (unpaired) electrons. The lowest BCUT2D eigenvalue weighted by atomic mass is 10.1. The Morgan fingerprint density at radius 3 is 2.48 bits per heavy atom. The maximum atomic E-state index is 12.7. The van der Waals surface area contributed by atoms with Gasteiger partial charge in [-0.15, -0.1) is 0 Å². The van der Waals surface area contributed by atoms with Gasteiger partial charge in [-0.1, -0.05) is 6.07 Å². The van der Waals surface area contributed by atoms with Crippen LogP contribution in [0.2, 0.25) is 0 Å². The van der Waals surface area contributed by atoms with E-state index in [1.54, 1.807) is 12.0 Å². The number of carbonyl (C=O) groups excluding carboxylic acids is 1. The van der Waals surface area contributed by atoms with Gasteiger partial charge in [0.25, 0.3) is 5.91 Å². The number of hydrogen-bond acceptors (Lipinski definition) is 4. The van der Waals surface area contributed by atoms with Crippen LogP contribution in [0.5, 0.6) is 5.75 Å². The minimum atomic E-state index is 0.0258. The Morgan fingerprint density at radius 1 is 1.26 bits per heavy atom. The molecule has 124 valence electrons. The van der Waals surface area contributed by atoms with E-state index in [9.17, 15) is 4.79 Å². The monoisotopic (exact) mass is 332 g/mol. The summed E-state index contributed by atoms with van der Waals surface area (Å²) >= 11 is 1.45. The molecule has 0 spiro atoms. The molecule has 0 aliphatic carbocycles. The Balaban J connectivity index is 2.36. The van der Waals surface area contributed by atoms with E-state index in [4.69, 9.17) is 4.74 Å². The molecule has 1 amide bonds. The predicted octanol–water partition coefficient (Wildman–Crippen LogP) is 4.09. The summed E-state index contributed by atoms with van der Waals surface area (Å²) < 4.78 is 5.28. The number of rotatable bonds is 4. The van der Waals surface area contributed by atoms with Crippen molar-refractivity contribution in [2.75, 3.05) is 7.11 Å². The van der Waals surface area contributed by atoms with Gasteiger partial charge in [-0.2, -0.15) is 0 Å². The van der Waals surface area contributed by atoms with Crippen LogP contribution in [-0.2, 0) is 4.79 Å². The van der Waals surface area contributed by atoms with Crippen LogP contribution in [0.25, 0.3) is 6.08 Å². The van der Waals surface area contributed by atoms with Gasteiger partial charge >= 0.3 is 0 Å². The number of aliphatic imine (C=N–C) groups is 1. The number of amidine groups is 1. The molecule has 1 heterocycles. The summed E-state index contributed by atoms with van der Waals surface area (Å²) in [7, 11) is 1.66. The quantitative estimate of drug-likeness (QED) is 0.780. The van der Waals surface area contributed by atoms with Crippen molar-refractivity contribution in [1.82, 2.24) is 4.90 Å². The molecule has 0 bridgehead atoms. The Hall–Kier alpha value is -1.75. The minimum absolute atomic E-state index is 0.0258. The average molecular weight is 332 g/mol. The number of ether oxygens (including phenoxy) is 1. The number of nitrogens with zero attached hydrogens (tertiary/aromatic N) is 2. The summed E-state index contributed by atoms with van der Waals surface area (Å²) in [5, 5.41) is 0.788. The third-order valence-electron chi connectivity index (χ3n) is 3.44. The zero-order chi connectivity index (χ0) is 17.1. The highest BCUT2D eigenvalue weighted by Crippen LogP contribution is 2.34. The van der Waals surface area contributed by atoms with Crippen molar-refractivity contribution in [1.29, 1.82) is 0 Å². The van der Waals surface area contributed by atoms with Gasteiger partial charge in [0.05, 0.1) is 12.0 Å². The number of methoxy groups -OCH3 is 1. The Morgan fingerprint density at radius 2 is 1.96 bits per heavy atom. The van der Waals surface area contributed by atoms with Crippen molar-refractivity contribution in [3.8, 4) is 5.75 Å². The van der Waals surface area contributed by atoms with E-state index in [2.05, 4.69) is 4.99 Å². The van der Waals surface area contributed by atoms with Gasteiger partial charge in [-0.25, -0.2) is 0 Å². The SMILES string of the molecule is COc1ccc(/C=C2\SC(=NC(C)C)N(C(C)C)C2=O)cc1C.